The fourth-order valence-corrected chi connectivity index (χ4v) is 3.68. The predicted molar refractivity (Wildman–Crippen MR) is 103 cm³/mol. The Morgan fingerprint density at radius 1 is 1.21 bits per heavy atom. The van der Waals surface area contributed by atoms with E-state index < -0.39 is 33.8 Å². The number of benzene rings is 1. The minimum absolute atomic E-state index is 0.156. The van der Waals surface area contributed by atoms with E-state index in [1.807, 2.05) is 6.07 Å². The highest BCUT2D eigenvalue weighted by Gasteiger charge is 2.69. The van der Waals surface area contributed by atoms with Crippen molar-refractivity contribution in [3.63, 3.8) is 0 Å². The third-order valence-corrected chi connectivity index (χ3v) is 5.94. The number of carbonyl (C=O) groups is 3. The van der Waals surface area contributed by atoms with Crippen molar-refractivity contribution in [2.24, 2.45) is 5.41 Å². The van der Waals surface area contributed by atoms with Crippen molar-refractivity contribution in [3.8, 4) is 0 Å². The Morgan fingerprint density at radius 2 is 1.86 bits per heavy atom. The van der Waals surface area contributed by atoms with Crippen molar-refractivity contribution in [3.05, 3.63) is 47.2 Å². The lowest BCUT2D eigenvalue weighted by atomic mass is 9.95. The molecule has 1 heterocycles. The third-order valence-electron chi connectivity index (χ3n) is 4.84. The number of esters is 2. The molecule has 0 unspecified atom stereocenters. The minimum Gasteiger partial charge on any atom is -0.463 e. The number of urea groups is 1. The number of amides is 2. The highest BCUT2D eigenvalue weighted by atomic mass is 35.5. The summed E-state index contributed by atoms with van der Waals surface area (Å²) in [4.78, 5) is 37.1. The van der Waals surface area contributed by atoms with Gasteiger partial charge in [-0.2, -0.15) is 0 Å². The van der Waals surface area contributed by atoms with Crippen LogP contribution in [0.4, 0.5) is 4.79 Å². The summed E-state index contributed by atoms with van der Waals surface area (Å²) in [5.41, 5.74) is 0.00277. The molecule has 28 heavy (non-hydrogen) atoms. The Hall–Kier alpha value is -2.25. The van der Waals surface area contributed by atoms with Crippen LogP contribution in [0.3, 0.4) is 0 Å². The van der Waals surface area contributed by atoms with Gasteiger partial charge in [-0.1, -0.05) is 30.3 Å². The standard InChI is InChI=1S/C19H20Cl2N2O5/c1-3-27-15(24)13-12(9-28-16(25)18(2)10-19(18,20)21)22-17(26)23-14(13)11-7-5-4-6-8-11/h4-8,14H,3,9-10H2,1-2H3,(H2,22,23,26)/t14-,18-/m1/s1. The number of alkyl halides is 2. The molecular weight excluding hydrogens is 407 g/mol. The zero-order chi connectivity index (χ0) is 20.5. The van der Waals surface area contributed by atoms with Crippen LogP contribution in [0.15, 0.2) is 41.6 Å². The van der Waals surface area contributed by atoms with Crippen molar-refractivity contribution < 1.29 is 23.9 Å². The van der Waals surface area contributed by atoms with E-state index >= 15 is 0 Å². The number of carbonyl (C=O) groups excluding carboxylic acids is 3. The first kappa shape index (κ1) is 20.5. The molecule has 0 saturated heterocycles. The summed E-state index contributed by atoms with van der Waals surface area (Å²) < 4.78 is 9.29. The van der Waals surface area contributed by atoms with Gasteiger partial charge in [0.25, 0.3) is 0 Å². The van der Waals surface area contributed by atoms with Crippen LogP contribution in [0.1, 0.15) is 31.9 Å². The van der Waals surface area contributed by atoms with Gasteiger partial charge >= 0.3 is 18.0 Å². The molecule has 1 aromatic rings. The van der Waals surface area contributed by atoms with Crippen molar-refractivity contribution >= 4 is 41.2 Å². The maximum absolute atomic E-state index is 12.6. The molecule has 3 rings (SSSR count). The van der Waals surface area contributed by atoms with Crippen LogP contribution < -0.4 is 10.6 Å². The lowest BCUT2D eigenvalue weighted by Crippen LogP contribution is -2.47. The molecule has 0 radical (unpaired) electrons. The first-order chi connectivity index (χ1) is 13.2. The zero-order valence-electron chi connectivity index (χ0n) is 15.4. The molecule has 1 aliphatic heterocycles. The number of rotatable bonds is 6. The van der Waals surface area contributed by atoms with Crippen molar-refractivity contribution in [2.75, 3.05) is 13.2 Å². The van der Waals surface area contributed by atoms with E-state index in [-0.39, 0.29) is 30.9 Å². The van der Waals surface area contributed by atoms with Crippen LogP contribution in [0.2, 0.25) is 0 Å². The maximum Gasteiger partial charge on any atom is 0.338 e. The van der Waals surface area contributed by atoms with Gasteiger partial charge in [0.2, 0.25) is 0 Å². The van der Waals surface area contributed by atoms with Crippen LogP contribution in [-0.4, -0.2) is 35.5 Å². The van der Waals surface area contributed by atoms with Gasteiger partial charge in [-0.15, -0.1) is 23.2 Å². The lowest BCUT2D eigenvalue weighted by molar-refractivity contribution is -0.149. The smallest absolute Gasteiger partial charge is 0.338 e. The first-order valence-electron chi connectivity index (χ1n) is 8.77. The molecule has 1 saturated carbocycles. The van der Waals surface area contributed by atoms with E-state index in [9.17, 15) is 14.4 Å². The van der Waals surface area contributed by atoms with Crippen LogP contribution in [0, 0.1) is 5.41 Å². The topological polar surface area (TPSA) is 93.7 Å². The fourth-order valence-electron chi connectivity index (χ4n) is 3.00. The van der Waals surface area contributed by atoms with Gasteiger partial charge in [-0.3, -0.25) is 4.79 Å². The molecule has 7 nitrogen and oxygen atoms in total. The summed E-state index contributed by atoms with van der Waals surface area (Å²) >= 11 is 12.0. The van der Waals surface area contributed by atoms with Gasteiger partial charge in [0, 0.05) is 6.42 Å². The Morgan fingerprint density at radius 3 is 2.43 bits per heavy atom. The summed E-state index contributed by atoms with van der Waals surface area (Å²) in [5.74, 6) is -1.21. The zero-order valence-corrected chi connectivity index (χ0v) is 16.9. The summed E-state index contributed by atoms with van der Waals surface area (Å²) in [5, 5.41) is 5.24. The van der Waals surface area contributed by atoms with E-state index in [0.29, 0.717) is 5.56 Å². The van der Waals surface area contributed by atoms with Crippen molar-refractivity contribution in [1.29, 1.82) is 0 Å². The van der Waals surface area contributed by atoms with E-state index in [4.69, 9.17) is 32.7 Å². The molecule has 2 N–H and O–H groups in total. The maximum atomic E-state index is 12.6. The molecule has 9 heteroatoms. The van der Waals surface area contributed by atoms with Crippen LogP contribution in [0.25, 0.3) is 0 Å². The second-order valence-corrected chi connectivity index (χ2v) is 8.33. The highest BCUT2D eigenvalue weighted by molar-refractivity contribution is 6.53. The molecule has 0 spiro atoms. The van der Waals surface area contributed by atoms with Crippen LogP contribution in [-0.2, 0) is 19.1 Å². The van der Waals surface area contributed by atoms with Gasteiger partial charge in [-0.25, -0.2) is 9.59 Å². The third kappa shape index (κ3) is 3.82. The van der Waals surface area contributed by atoms with E-state index in [2.05, 4.69) is 10.6 Å². The Labute approximate surface area is 172 Å². The van der Waals surface area contributed by atoms with Crippen molar-refractivity contribution in [1.82, 2.24) is 10.6 Å². The number of nitrogens with one attached hydrogen (secondary N) is 2. The monoisotopic (exact) mass is 426 g/mol. The molecule has 1 aromatic carbocycles. The minimum atomic E-state index is -1.17. The van der Waals surface area contributed by atoms with E-state index in [1.54, 1.807) is 38.1 Å². The Kier molecular flexibility index (Phi) is 5.59. The highest BCUT2D eigenvalue weighted by Crippen LogP contribution is 2.64. The average Bonchev–Trinajstić information content (AvgIpc) is 3.19. The number of halogens is 2. The molecule has 0 bridgehead atoms. The van der Waals surface area contributed by atoms with Crippen molar-refractivity contribution in [2.45, 2.75) is 30.6 Å². The van der Waals surface area contributed by atoms with Crippen LogP contribution >= 0.6 is 23.2 Å². The van der Waals surface area contributed by atoms with Crippen LogP contribution in [0.5, 0.6) is 0 Å². The second kappa shape index (κ2) is 7.64. The molecule has 0 aromatic heterocycles. The molecule has 1 fully saturated rings. The average molecular weight is 427 g/mol. The predicted octanol–water partition coefficient (Wildman–Crippen LogP) is 2.98. The number of ether oxygens (including phenoxy) is 2. The van der Waals surface area contributed by atoms with Gasteiger partial charge in [0.1, 0.15) is 16.4 Å². The molecule has 2 aliphatic rings. The van der Waals surface area contributed by atoms with Gasteiger partial charge < -0.3 is 20.1 Å². The van der Waals surface area contributed by atoms with E-state index in [0.717, 1.165) is 0 Å². The van der Waals surface area contributed by atoms with E-state index in [1.165, 1.54) is 0 Å². The van der Waals surface area contributed by atoms with Gasteiger partial charge in [0.05, 0.1) is 23.9 Å². The first-order valence-corrected chi connectivity index (χ1v) is 9.53. The molecule has 2 amide bonds. The summed E-state index contributed by atoms with van der Waals surface area (Å²) in [6.07, 6.45) is 0.270. The molecular formula is C19H20Cl2N2O5. The fraction of sp³-hybridized carbons (Fsp3) is 0.421. The summed E-state index contributed by atoms with van der Waals surface area (Å²) in [7, 11) is 0. The van der Waals surface area contributed by atoms with Gasteiger partial charge in [0.15, 0.2) is 0 Å². The quantitative estimate of drug-likeness (QED) is 0.538. The Balaban J connectivity index is 1.89. The van der Waals surface area contributed by atoms with Gasteiger partial charge in [-0.05, 0) is 19.4 Å². The molecule has 2 atom stereocenters. The molecule has 1 aliphatic carbocycles. The Bertz CT molecular complexity index is 840. The second-order valence-electron chi connectivity index (χ2n) is 6.84. The number of hydrogen-bond donors (Lipinski definition) is 2. The number of hydrogen-bond acceptors (Lipinski definition) is 5. The summed E-state index contributed by atoms with van der Waals surface area (Å²) in [6.45, 7) is 3.12. The lowest BCUT2D eigenvalue weighted by Gasteiger charge is -2.29. The SMILES string of the molecule is CCOC(=O)C1=C(COC(=O)[C@@]2(C)CC2(Cl)Cl)NC(=O)N[C@@H]1c1ccccc1. The largest absolute Gasteiger partial charge is 0.463 e. The molecule has 150 valence electrons. The summed E-state index contributed by atoms with van der Waals surface area (Å²) in [6, 6.07) is 7.71. The normalized spacial score (nSPS) is 25.4.